The number of fused-ring (bicyclic) bond motifs is 1. The molecule has 1 fully saturated rings. The highest BCUT2D eigenvalue weighted by Gasteiger charge is 2.23. The number of hydrogen-bond acceptors (Lipinski definition) is 3. The number of rotatable bonds is 5. The first-order valence-electron chi connectivity index (χ1n) is 9.24. The van der Waals surface area contributed by atoms with Crippen LogP contribution in [0, 0.1) is 5.92 Å². The Kier molecular flexibility index (Phi) is 6.10. The molecule has 3 N–H and O–H groups in total. The Bertz CT molecular complexity index is 540. The molecule has 1 atom stereocenters. The minimum absolute atomic E-state index is 0.0997. The summed E-state index contributed by atoms with van der Waals surface area (Å²) in [5, 5.41) is 9.86. The molecule has 5 heteroatoms. The fourth-order valence-electron chi connectivity index (χ4n) is 3.76. The summed E-state index contributed by atoms with van der Waals surface area (Å²) in [5.74, 6) is 0.762. The molecule has 2 aliphatic heterocycles. The monoisotopic (exact) mass is 330 g/mol. The van der Waals surface area contributed by atoms with Gasteiger partial charge in [0.05, 0.1) is 0 Å². The summed E-state index contributed by atoms with van der Waals surface area (Å²) in [6.07, 6.45) is 4.47. The van der Waals surface area contributed by atoms with E-state index >= 15 is 0 Å². The van der Waals surface area contributed by atoms with Crippen LogP contribution in [-0.2, 0) is 13.0 Å². The Morgan fingerprint density at radius 2 is 2.00 bits per heavy atom. The van der Waals surface area contributed by atoms with Crippen molar-refractivity contribution in [2.75, 3.05) is 33.2 Å². The molecule has 1 saturated heterocycles. The topological polar surface area (TPSA) is 56.4 Å². The number of piperidine rings is 1. The lowest BCUT2D eigenvalue weighted by atomic mass is 9.94. The Labute approximate surface area is 145 Å². The van der Waals surface area contributed by atoms with Crippen molar-refractivity contribution in [2.45, 2.75) is 38.3 Å². The molecule has 2 aliphatic rings. The molecule has 1 aromatic carbocycles. The predicted octanol–water partition coefficient (Wildman–Crippen LogP) is 1.73. The van der Waals surface area contributed by atoms with Crippen LogP contribution in [0.4, 0.5) is 4.79 Å². The fraction of sp³-hybridized carbons (Fsp3) is 0.632. The molecule has 1 aromatic rings. The summed E-state index contributed by atoms with van der Waals surface area (Å²) in [6, 6.07) is 8.98. The van der Waals surface area contributed by atoms with Crippen molar-refractivity contribution in [3.05, 3.63) is 35.4 Å². The number of likely N-dealkylation sites (tertiary alicyclic amines) is 1. The van der Waals surface area contributed by atoms with Crippen LogP contribution in [0.15, 0.2) is 24.3 Å². The van der Waals surface area contributed by atoms with Gasteiger partial charge in [0, 0.05) is 32.2 Å². The van der Waals surface area contributed by atoms with Crippen molar-refractivity contribution in [3.8, 4) is 0 Å². The first-order chi connectivity index (χ1) is 11.8. The minimum atomic E-state index is 0.0997. The normalized spacial score (nSPS) is 21.4. The highest BCUT2D eigenvalue weighted by molar-refractivity contribution is 5.74. The average molecular weight is 330 g/mol. The van der Waals surface area contributed by atoms with Gasteiger partial charge in [-0.15, -0.1) is 0 Å². The van der Waals surface area contributed by atoms with Crippen LogP contribution < -0.4 is 16.0 Å². The third-order valence-electron chi connectivity index (χ3n) is 5.37. The van der Waals surface area contributed by atoms with Gasteiger partial charge in [-0.3, -0.25) is 0 Å². The third-order valence-corrected chi connectivity index (χ3v) is 5.37. The lowest BCUT2D eigenvalue weighted by Gasteiger charge is -2.33. The summed E-state index contributed by atoms with van der Waals surface area (Å²) in [6.45, 7) is 4.45. The molecular weight excluding hydrogens is 300 g/mol. The first-order valence-corrected chi connectivity index (χ1v) is 9.24. The Morgan fingerprint density at radius 3 is 2.75 bits per heavy atom. The van der Waals surface area contributed by atoms with E-state index < -0.39 is 0 Å². The Morgan fingerprint density at radius 1 is 1.25 bits per heavy atom. The Balaban J connectivity index is 1.39. The van der Waals surface area contributed by atoms with E-state index in [4.69, 9.17) is 0 Å². The molecule has 2 amide bonds. The molecular formula is C19H30N4O. The molecule has 5 nitrogen and oxygen atoms in total. The van der Waals surface area contributed by atoms with E-state index in [1.54, 1.807) is 0 Å². The van der Waals surface area contributed by atoms with E-state index in [2.05, 4.69) is 40.2 Å². The number of carbonyl (C=O) groups is 1. The van der Waals surface area contributed by atoms with Crippen molar-refractivity contribution in [1.29, 1.82) is 0 Å². The molecule has 0 aromatic heterocycles. The molecule has 1 unspecified atom stereocenters. The second kappa shape index (κ2) is 8.49. The van der Waals surface area contributed by atoms with Crippen molar-refractivity contribution >= 4 is 6.03 Å². The molecule has 0 radical (unpaired) electrons. The third kappa shape index (κ3) is 4.48. The van der Waals surface area contributed by atoms with Gasteiger partial charge in [-0.1, -0.05) is 24.3 Å². The van der Waals surface area contributed by atoms with Crippen LogP contribution in [0.2, 0.25) is 0 Å². The fourth-order valence-corrected chi connectivity index (χ4v) is 3.76. The summed E-state index contributed by atoms with van der Waals surface area (Å²) in [5.41, 5.74) is 2.78. The standard InChI is InChI=1S/C19H30N4O/c1-20-9-6-15-7-10-23(11-8-15)19(24)22-14-18-12-16-4-2-3-5-17(16)13-21-18/h2-5,15,18,20-21H,6-14H2,1H3,(H,22,24). The molecule has 3 rings (SSSR count). The number of nitrogens with zero attached hydrogens (tertiary/aromatic N) is 1. The van der Waals surface area contributed by atoms with Gasteiger partial charge in [0.25, 0.3) is 0 Å². The smallest absolute Gasteiger partial charge is 0.317 e. The molecule has 0 bridgehead atoms. The van der Waals surface area contributed by atoms with Crippen LogP contribution in [-0.4, -0.2) is 50.2 Å². The van der Waals surface area contributed by atoms with Gasteiger partial charge >= 0.3 is 6.03 Å². The number of urea groups is 1. The summed E-state index contributed by atoms with van der Waals surface area (Å²) < 4.78 is 0. The number of nitrogens with one attached hydrogen (secondary N) is 3. The van der Waals surface area contributed by atoms with Crippen molar-refractivity contribution in [1.82, 2.24) is 20.9 Å². The highest BCUT2D eigenvalue weighted by atomic mass is 16.2. The van der Waals surface area contributed by atoms with Crippen molar-refractivity contribution in [3.63, 3.8) is 0 Å². The number of benzene rings is 1. The lowest BCUT2D eigenvalue weighted by molar-refractivity contribution is 0.167. The highest BCUT2D eigenvalue weighted by Crippen LogP contribution is 2.20. The van der Waals surface area contributed by atoms with Gasteiger partial charge in [-0.2, -0.15) is 0 Å². The van der Waals surface area contributed by atoms with Gasteiger partial charge in [0.2, 0.25) is 0 Å². The number of amides is 2. The molecule has 0 aliphatic carbocycles. The molecule has 24 heavy (non-hydrogen) atoms. The Hall–Kier alpha value is -1.59. The lowest BCUT2D eigenvalue weighted by Crippen LogP contribution is -2.50. The quantitative estimate of drug-likeness (QED) is 0.771. The van der Waals surface area contributed by atoms with E-state index in [0.717, 1.165) is 51.4 Å². The maximum Gasteiger partial charge on any atom is 0.317 e. The van der Waals surface area contributed by atoms with Crippen LogP contribution >= 0.6 is 0 Å². The van der Waals surface area contributed by atoms with Crippen LogP contribution in [0.25, 0.3) is 0 Å². The van der Waals surface area contributed by atoms with Crippen LogP contribution in [0.3, 0.4) is 0 Å². The molecule has 0 saturated carbocycles. The number of hydrogen-bond donors (Lipinski definition) is 3. The van der Waals surface area contributed by atoms with Crippen molar-refractivity contribution < 1.29 is 4.79 Å². The van der Waals surface area contributed by atoms with Gasteiger partial charge in [0.1, 0.15) is 0 Å². The summed E-state index contributed by atoms with van der Waals surface area (Å²) in [7, 11) is 2.00. The second-order valence-electron chi connectivity index (χ2n) is 7.06. The van der Waals surface area contributed by atoms with E-state index in [0.29, 0.717) is 12.6 Å². The zero-order chi connectivity index (χ0) is 16.8. The van der Waals surface area contributed by atoms with E-state index in [1.165, 1.54) is 17.5 Å². The van der Waals surface area contributed by atoms with Gasteiger partial charge in [-0.05, 0) is 56.3 Å². The molecule has 132 valence electrons. The first kappa shape index (κ1) is 17.2. The SMILES string of the molecule is CNCCC1CCN(C(=O)NCC2Cc3ccccc3CN2)CC1. The average Bonchev–Trinajstić information content (AvgIpc) is 2.64. The maximum atomic E-state index is 12.4. The largest absolute Gasteiger partial charge is 0.336 e. The summed E-state index contributed by atoms with van der Waals surface area (Å²) >= 11 is 0. The maximum absolute atomic E-state index is 12.4. The predicted molar refractivity (Wildman–Crippen MR) is 97.0 cm³/mol. The van der Waals surface area contributed by atoms with Gasteiger partial charge in [0.15, 0.2) is 0 Å². The van der Waals surface area contributed by atoms with Crippen LogP contribution in [0.5, 0.6) is 0 Å². The number of carbonyl (C=O) groups excluding carboxylic acids is 1. The van der Waals surface area contributed by atoms with E-state index in [1.807, 2.05) is 11.9 Å². The van der Waals surface area contributed by atoms with E-state index in [9.17, 15) is 4.79 Å². The second-order valence-corrected chi connectivity index (χ2v) is 7.06. The zero-order valence-corrected chi connectivity index (χ0v) is 14.7. The van der Waals surface area contributed by atoms with E-state index in [-0.39, 0.29) is 6.03 Å². The molecule has 2 heterocycles. The molecule has 0 spiro atoms. The zero-order valence-electron chi connectivity index (χ0n) is 14.7. The minimum Gasteiger partial charge on any atom is -0.336 e. The summed E-state index contributed by atoms with van der Waals surface area (Å²) in [4.78, 5) is 14.4. The van der Waals surface area contributed by atoms with Gasteiger partial charge < -0.3 is 20.9 Å². The van der Waals surface area contributed by atoms with Gasteiger partial charge in [-0.25, -0.2) is 4.79 Å². The van der Waals surface area contributed by atoms with Crippen LogP contribution in [0.1, 0.15) is 30.4 Å². The van der Waals surface area contributed by atoms with Crippen molar-refractivity contribution in [2.24, 2.45) is 5.92 Å².